The smallest absolute Gasteiger partial charge is 0.127 e. The molecule has 0 saturated heterocycles. The summed E-state index contributed by atoms with van der Waals surface area (Å²) in [5, 5.41) is 2.82. The maximum absolute atomic E-state index is 7.20. The zero-order valence-electron chi connectivity index (χ0n) is 39.2. The number of hydrogen-bond acceptors (Lipinski definition) is 4. The van der Waals surface area contributed by atoms with Crippen molar-refractivity contribution in [3.05, 3.63) is 178 Å². The molecular formula is C58H68O4Si2. The van der Waals surface area contributed by atoms with Crippen molar-refractivity contribution >= 4 is 26.5 Å². The van der Waals surface area contributed by atoms with Gasteiger partial charge in [0.1, 0.15) is 23.0 Å². The second kappa shape index (κ2) is 18.4. The highest BCUT2D eigenvalue weighted by molar-refractivity contribution is 6.89. The van der Waals surface area contributed by atoms with E-state index in [1.807, 2.05) is 0 Å². The van der Waals surface area contributed by atoms with E-state index >= 15 is 0 Å². The van der Waals surface area contributed by atoms with E-state index in [9.17, 15) is 0 Å². The summed E-state index contributed by atoms with van der Waals surface area (Å²) in [6, 6.07) is 50.9. The summed E-state index contributed by atoms with van der Waals surface area (Å²) in [6.07, 6.45) is 10.6. The predicted molar refractivity (Wildman–Crippen MR) is 271 cm³/mol. The first-order valence-electron chi connectivity index (χ1n) is 24.3. The Hall–Kier alpha value is -5.05. The van der Waals surface area contributed by atoms with Crippen LogP contribution in [-0.4, -0.2) is 42.6 Å². The molecular weight excluding hydrogens is 817 g/mol. The summed E-state index contributed by atoms with van der Waals surface area (Å²) in [5.74, 6) is 3.59. The molecule has 64 heavy (non-hydrogen) atoms. The molecule has 332 valence electrons. The van der Waals surface area contributed by atoms with E-state index in [1.54, 1.807) is 0 Å². The molecule has 3 aliphatic rings. The van der Waals surface area contributed by atoms with Crippen molar-refractivity contribution in [2.24, 2.45) is 0 Å². The lowest BCUT2D eigenvalue weighted by atomic mass is 9.50. The van der Waals surface area contributed by atoms with E-state index < -0.39 is 27.0 Å². The molecule has 2 heterocycles. The predicted octanol–water partition coefficient (Wildman–Crippen LogP) is 13.3. The number of hydrogen-bond donors (Lipinski definition) is 0. The minimum absolute atomic E-state index is 0.640. The Morgan fingerprint density at radius 1 is 0.328 bits per heavy atom. The van der Waals surface area contributed by atoms with Crippen LogP contribution in [0.2, 0.25) is 39.3 Å². The van der Waals surface area contributed by atoms with Crippen molar-refractivity contribution < 1.29 is 18.9 Å². The lowest BCUT2D eigenvalue weighted by Crippen LogP contribution is -2.49. The van der Waals surface area contributed by atoms with Crippen LogP contribution in [0.5, 0.6) is 23.0 Å². The Labute approximate surface area is 385 Å². The first-order chi connectivity index (χ1) is 31.1. The van der Waals surface area contributed by atoms with Crippen LogP contribution >= 0.6 is 0 Å². The molecule has 0 spiro atoms. The third-order valence-electron chi connectivity index (χ3n) is 14.1. The van der Waals surface area contributed by atoms with Crippen molar-refractivity contribution in [3.8, 4) is 23.0 Å². The number of rotatable bonds is 4. The maximum Gasteiger partial charge on any atom is 0.127 e. The van der Waals surface area contributed by atoms with E-state index in [4.69, 9.17) is 18.9 Å². The Kier molecular flexibility index (Phi) is 12.7. The van der Waals surface area contributed by atoms with Crippen LogP contribution in [0.3, 0.4) is 0 Å². The number of ether oxygens (including phenoxy) is 4. The van der Waals surface area contributed by atoms with Crippen molar-refractivity contribution in [1.29, 1.82) is 0 Å². The van der Waals surface area contributed by atoms with Gasteiger partial charge in [0.2, 0.25) is 0 Å². The van der Waals surface area contributed by atoms with E-state index in [0.717, 1.165) is 98.3 Å². The third kappa shape index (κ3) is 8.04. The molecule has 1 aliphatic carbocycles. The lowest BCUT2D eigenvalue weighted by molar-refractivity contribution is 0.273. The Balaban J connectivity index is 1.58. The maximum atomic E-state index is 7.20. The van der Waals surface area contributed by atoms with Crippen molar-refractivity contribution in [3.63, 3.8) is 0 Å². The molecule has 0 radical (unpaired) electrons. The molecule has 6 aromatic rings. The summed E-state index contributed by atoms with van der Waals surface area (Å²) in [4.78, 5) is 0. The largest absolute Gasteiger partial charge is 0.493 e. The topological polar surface area (TPSA) is 36.9 Å². The molecule has 2 atom stereocenters. The fraction of sp³-hybridized carbons (Fsp3) is 0.379. The van der Waals surface area contributed by atoms with E-state index in [-0.39, 0.29) is 0 Å². The quantitative estimate of drug-likeness (QED) is 0.165. The first-order valence-corrected chi connectivity index (χ1v) is 31.3. The van der Waals surface area contributed by atoms with Gasteiger partial charge in [0.25, 0.3) is 0 Å². The molecule has 4 nitrogen and oxygen atoms in total. The standard InChI is InChI=1S/C58H68O4Si2/c1-63(2,3)45-33-35-47-49(41-45)57(43-25-15-13-16-26-43)48-36-34-46(64(4,5)6)42-50(48)58(47,44-27-17-14-18-28-44)56-53-31-24-32-54(56)62-40-22-12-8-10-20-38-60-52-30-23-29-51(55(52)57)59-37-19-9-7-11-21-39-61-53/h13-18,23-36,41-42H,7-12,19-22,37-40H2,1-6H3. The molecule has 0 aromatic heterocycles. The van der Waals surface area contributed by atoms with Crippen molar-refractivity contribution in [1.82, 2.24) is 0 Å². The Morgan fingerprint density at radius 3 is 0.953 bits per heavy atom. The van der Waals surface area contributed by atoms with Gasteiger partial charge in [0.15, 0.2) is 0 Å². The average Bonchev–Trinajstić information content (AvgIpc) is 3.30. The molecule has 6 aromatic carbocycles. The minimum Gasteiger partial charge on any atom is -0.493 e. The van der Waals surface area contributed by atoms with Crippen LogP contribution in [0.25, 0.3) is 0 Å². The van der Waals surface area contributed by atoms with Crippen LogP contribution in [-0.2, 0) is 10.8 Å². The fourth-order valence-corrected chi connectivity index (χ4v) is 13.2. The Bertz CT molecular complexity index is 2320. The van der Waals surface area contributed by atoms with Gasteiger partial charge in [-0.2, -0.15) is 0 Å². The van der Waals surface area contributed by atoms with Gasteiger partial charge in [0.05, 0.1) is 64.5 Å². The average molecular weight is 885 g/mol. The molecule has 2 aliphatic heterocycles. The summed E-state index contributed by atoms with van der Waals surface area (Å²) in [5.41, 5.74) is 7.88. The summed E-state index contributed by atoms with van der Waals surface area (Å²) >= 11 is 0. The van der Waals surface area contributed by atoms with Gasteiger partial charge >= 0.3 is 0 Å². The second-order valence-electron chi connectivity index (χ2n) is 20.4. The molecule has 0 N–H and O–H groups in total. The van der Waals surface area contributed by atoms with Crippen molar-refractivity contribution in [2.75, 3.05) is 26.4 Å². The molecule has 9 rings (SSSR count). The molecule has 0 amide bonds. The lowest BCUT2D eigenvalue weighted by Gasteiger charge is -2.52. The fourth-order valence-electron chi connectivity index (χ4n) is 10.9. The van der Waals surface area contributed by atoms with Gasteiger partial charge in [-0.15, -0.1) is 0 Å². The second-order valence-corrected chi connectivity index (χ2v) is 30.6. The summed E-state index contributed by atoms with van der Waals surface area (Å²) in [6.45, 7) is 17.4. The first kappa shape index (κ1) is 44.2. The molecule has 4 bridgehead atoms. The highest BCUT2D eigenvalue weighted by Crippen LogP contribution is 2.64. The minimum atomic E-state index is -1.92. The van der Waals surface area contributed by atoms with Gasteiger partial charge in [-0.3, -0.25) is 0 Å². The van der Waals surface area contributed by atoms with Gasteiger partial charge in [-0.05, 0) is 83.3 Å². The van der Waals surface area contributed by atoms with E-state index in [0.29, 0.717) is 26.4 Å². The molecule has 2 unspecified atom stereocenters. The monoisotopic (exact) mass is 884 g/mol. The summed E-state index contributed by atoms with van der Waals surface area (Å²) < 4.78 is 28.8. The SMILES string of the molecule is C[Si](C)(C)c1ccc2c(c1)C1(c3ccccc3)c3ccc([Si](C)(C)C)cc3C2(c2ccccc2)c2c3cccc2OCCCCCCCOc2cccc(c21)OCCCCCCCO3. The van der Waals surface area contributed by atoms with Crippen LogP contribution in [0.1, 0.15) is 109 Å². The zero-order chi connectivity index (χ0) is 44.4. The van der Waals surface area contributed by atoms with Crippen LogP contribution in [0, 0.1) is 0 Å². The van der Waals surface area contributed by atoms with Gasteiger partial charge in [-0.25, -0.2) is 0 Å². The van der Waals surface area contributed by atoms with E-state index in [2.05, 4.69) is 173 Å². The molecule has 0 fully saturated rings. The normalized spacial score (nSPS) is 20.7. The van der Waals surface area contributed by atoms with Crippen LogP contribution < -0.4 is 29.3 Å². The third-order valence-corrected chi connectivity index (χ3v) is 18.2. The zero-order valence-corrected chi connectivity index (χ0v) is 41.2. The highest BCUT2D eigenvalue weighted by Gasteiger charge is 2.57. The summed E-state index contributed by atoms with van der Waals surface area (Å²) in [7, 11) is -3.83. The van der Waals surface area contributed by atoms with Gasteiger partial charge in [-0.1, -0.05) is 197 Å². The highest BCUT2D eigenvalue weighted by atomic mass is 28.3. The van der Waals surface area contributed by atoms with Crippen molar-refractivity contribution in [2.45, 2.75) is 114 Å². The van der Waals surface area contributed by atoms with Gasteiger partial charge in [0, 0.05) is 0 Å². The van der Waals surface area contributed by atoms with Gasteiger partial charge < -0.3 is 18.9 Å². The number of benzene rings is 6. The van der Waals surface area contributed by atoms with Crippen LogP contribution in [0.15, 0.2) is 133 Å². The van der Waals surface area contributed by atoms with Crippen LogP contribution in [0.4, 0.5) is 0 Å². The molecule has 0 saturated carbocycles. The van der Waals surface area contributed by atoms with E-state index in [1.165, 1.54) is 43.8 Å². The molecule has 6 heteroatoms. The Morgan fingerprint density at radius 2 is 0.641 bits per heavy atom.